The van der Waals surface area contributed by atoms with Crippen LogP contribution in [0.15, 0.2) is 18.2 Å². The van der Waals surface area contributed by atoms with E-state index in [-0.39, 0.29) is 12.1 Å². The first-order valence-corrected chi connectivity index (χ1v) is 5.21. The molecule has 0 unspecified atom stereocenters. The summed E-state index contributed by atoms with van der Waals surface area (Å²) in [5, 5.41) is 10.6. The highest BCUT2D eigenvalue weighted by Gasteiger charge is 2.12. The number of fused-ring (bicyclic) bond motifs is 1. The minimum atomic E-state index is -0.247. The lowest BCUT2D eigenvalue weighted by Gasteiger charge is -2.07. The summed E-state index contributed by atoms with van der Waals surface area (Å²) in [6, 6.07) is 5.54. The number of aromatic nitrogens is 3. The molecule has 84 valence electrons. The summed E-state index contributed by atoms with van der Waals surface area (Å²) in [5.41, 5.74) is 2.54. The smallest absolute Gasteiger partial charge is 0.334 e. The van der Waals surface area contributed by atoms with Crippen LogP contribution in [-0.2, 0) is 0 Å². The van der Waals surface area contributed by atoms with Gasteiger partial charge in [-0.2, -0.15) is 4.68 Å². The predicted molar refractivity (Wildman–Crippen MR) is 61.3 cm³/mol. The molecule has 5 heteroatoms. The summed E-state index contributed by atoms with van der Waals surface area (Å²) in [5.74, 6) is 0. The Morgan fingerprint density at radius 2 is 2.19 bits per heavy atom. The van der Waals surface area contributed by atoms with Gasteiger partial charge < -0.3 is 5.32 Å². The van der Waals surface area contributed by atoms with Gasteiger partial charge in [0.05, 0.1) is 5.52 Å². The molecule has 1 aromatic carbocycles. The predicted octanol–water partition coefficient (Wildman–Crippen LogP) is 1.71. The first kappa shape index (κ1) is 10.6. The number of benzene rings is 1. The van der Waals surface area contributed by atoms with E-state index in [1.807, 2.05) is 39.0 Å². The standard InChI is InChI=1S/C11H14N4O/c1-7(2)12-11(16)15-10-6-8(3)4-5-9(10)13-14-15/h4-7H,1-3H3,(H,12,16). The Bertz CT molecular complexity index is 530. The van der Waals surface area contributed by atoms with Crippen LogP contribution in [0.1, 0.15) is 19.4 Å². The van der Waals surface area contributed by atoms with Crippen LogP contribution >= 0.6 is 0 Å². The second-order valence-corrected chi connectivity index (χ2v) is 4.10. The molecule has 0 saturated heterocycles. The Morgan fingerprint density at radius 3 is 2.88 bits per heavy atom. The van der Waals surface area contributed by atoms with E-state index in [4.69, 9.17) is 0 Å². The molecule has 0 spiro atoms. The van der Waals surface area contributed by atoms with Crippen LogP contribution in [0.5, 0.6) is 0 Å². The molecule has 0 aliphatic carbocycles. The molecule has 0 bridgehead atoms. The van der Waals surface area contributed by atoms with E-state index in [1.165, 1.54) is 4.68 Å². The fraction of sp³-hybridized carbons (Fsp3) is 0.364. The molecule has 16 heavy (non-hydrogen) atoms. The van der Waals surface area contributed by atoms with Gasteiger partial charge in [-0.1, -0.05) is 11.3 Å². The minimum Gasteiger partial charge on any atom is -0.334 e. The summed E-state index contributed by atoms with van der Waals surface area (Å²) in [4.78, 5) is 11.8. The molecule has 1 amide bonds. The number of nitrogens with zero attached hydrogens (tertiary/aromatic N) is 3. The zero-order valence-electron chi connectivity index (χ0n) is 9.56. The number of carbonyl (C=O) groups excluding carboxylic acids is 1. The molecule has 2 aromatic rings. The second kappa shape index (κ2) is 3.92. The molecule has 0 radical (unpaired) electrons. The SMILES string of the molecule is Cc1ccc2nnn(C(=O)NC(C)C)c2c1. The average molecular weight is 218 g/mol. The third-order valence-electron chi connectivity index (χ3n) is 2.21. The van der Waals surface area contributed by atoms with Crippen molar-refractivity contribution in [1.29, 1.82) is 0 Å². The molecule has 1 heterocycles. The van der Waals surface area contributed by atoms with E-state index in [2.05, 4.69) is 15.6 Å². The van der Waals surface area contributed by atoms with Gasteiger partial charge in [-0.15, -0.1) is 5.10 Å². The van der Waals surface area contributed by atoms with Crippen molar-refractivity contribution >= 4 is 17.1 Å². The highest BCUT2D eigenvalue weighted by atomic mass is 16.2. The summed E-state index contributed by atoms with van der Waals surface area (Å²) >= 11 is 0. The molecule has 0 aliphatic heterocycles. The molecular weight excluding hydrogens is 204 g/mol. The van der Waals surface area contributed by atoms with Gasteiger partial charge in [-0.25, -0.2) is 4.79 Å². The molecule has 0 saturated carbocycles. The fourth-order valence-corrected chi connectivity index (χ4v) is 1.49. The summed E-state index contributed by atoms with van der Waals surface area (Å²) in [6.45, 7) is 5.78. The van der Waals surface area contributed by atoms with Gasteiger partial charge in [0, 0.05) is 6.04 Å². The normalized spacial score (nSPS) is 11.0. The van der Waals surface area contributed by atoms with Crippen molar-refractivity contribution in [3.05, 3.63) is 23.8 Å². The van der Waals surface area contributed by atoms with Crippen molar-refractivity contribution in [2.24, 2.45) is 0 Å². The summed E-state index contributed by atoms with van der Waals surface area (Å²) in [6.07, 6.45) is 0. The third-order valence-corrected chi connectivity index (χ3v) is 2.21. The maximum atomic E-state index is 11.8. The van der Waals surface area contributed by atoms with E-state index in [1.54, 1.807) is 0 Å². The van der Waals surface area contributed by atoms with Crippen LogP contribution in [0.4, 0.5) is 4.79 Å². The number of nitrogens with one attached hydrogen (secondary N) is 1. The van der Waals surface area contributed by atoms with Gasteiger partial charge in [-0.05, 0) is 38.5 Å². The lowest BCUT2D eigenvalue weighted by molar-refractivity contribution is 0.237. The Morgan fingerprint density at radius 1 is 1.44 bits per heavy atom. The van der Waals surface area contributed by atoms with Crippen molar-refractivity contribution in [1.82, 2.24) is 20.3 Å². The van der Waals surface area contributed by atoms with E-state index >= 15 is 0 Å². The van der Waals surface area contributed by atoms with Crippen LogP contribution in [0, 0.1) is 6.92 Å². The second-order valence-electron chi connectivity index (χ2n) is 4.10. The quantitative estimate of drug-likeness (QED) is 0.792. The molecule has 0 aliphatic rings. The van der Waals surface area contributed by atoms with Gasteiger partial charge >= 0.3 is 6.03 Å². The van der Waals surface area contributed by atoms with E-state index in [0.29, 0.717) is 0 Å². The Hall–Kier alpha value is -1.91. The molecule has 0 atom stereocenters. The number of rotatable bonds is 1. The van der Waals surface area contributed by atoms with Crippen molar-refractivity contribution in [3.63, 3.8) is 0 Å². The van der Waals surface area contributed by atoms with E-state index < -0.39 is 0 Å². The third kappa shape index (κ3) is 1.88. The summed E-state index contributed by atoms with van der Waals surface area (Å²) in [7, 11) is 0. The first-order valence-electron chi connectivity index (χ1n) is 5.21. The van der Waals surface area contributed by atoms with Crippen molar-refractivity contribution in [2.75, 3.05) is 0 Å². The minimum absolute atomic E-state index is 0.0801. The molecule has 0 fully saturated rings. The maximum absolute atomic E-state index is 11.8. The summed E-state index contributed by atoms with van der Waals surface area (Å²) < 4.78 is 1.29. The highest BCUT2D eigenvalue weighted by molar-refractivity contribution is 5.88. The van der Waals surface area contributed by atoms with Gasteiger partial charge in [0.1, 0.15) is 5.52 Å². The molecule has 2 rings (SSSR count). The van der Waals surface area contributed by atoms with Crippen molar-refractivity contribution in [2.45, 2.75) is 26.8 Å². The topological polar surface area (TPSA) is 59.8 Å². The van der Waals surface area contributed by atoms with E-state index in [9.17, 15) is 4.79 Å². The Balaban J connectivity index is 2.44. The Labute approximate surface area is 93.4 Å². The number of aryl methyl sites for hydroxylation is 1. The maximum Gasteiger partial charge on any atom is 0.344 e. The van der Waals surface area contributed by atoms with Gasteiger partial charge in [0.15, 0.2) is 0 Å². The van der Waals surface area contributed by atoms with Gasteiger partial charge in [0.2, 0.25) is 0 Å². The van der Waals surface area contributed by atoms with Gasteiger partial charge in [-0.3, -0.25) is 0 Å². The Kier molecular flexibility index (Phi) is 2.60. The largest absolute Gasteiger partial charge is 0.344 e. The number of hydrogen-bond donors (Lipinski definition) is 1. The first-order chi connectivity index (χ1) is 7.58. The zero-order chi connectivity index (χ0) is 11.7. The highest BCUT2D eigenvalue weighted by Crippen LogP contribution is 2.12. The van der Waals surface area contributed by atoms with Crippen molar-refractivity contribution < 1.29 is 4.79 Å². The van der Waals surface area contributed by atoms with Crippen LogP contribution < -0.4 is 5.32 Å². The fourth-order valence-electron chi connectivity index (χ4n) is 1.49. The van der Waals surface area contributed by atoms with Crippen LogP contribution in [-0.4, -0.2) is 27.1 Å². The number of carbonyl (C=O) groups is 1. The lowest BCUT2D eigenvalue weighted by Crippen LogP contribution is -2.34. The monoisotopic (exact) mass is 218 g/mol. The lowest BCUT2D eigenvalue weighted by atomic mass is 10.2. The van der Waals surface area contributed by atoms with Crippen LogP contribution in [0.3, 0.4) is 0 Å². The van der Waals surface area contributed by atoms with Crippen molar-refractivity contribution in [3.8, 4) is 0 Å². The number of hydrogen-bond acceptors (Lipinski definition) is 3. The molecular formula is C11H14N4O. The van der Waals surface area contributed by atoms with Crippen LogP contribution in [0.25, 0.3) is 11.0 Å². The molecule has 1 aromatic heterocycles. The van der Waals surface area contributed by atoms with E-state index in [0.717, 1.165) is 16.6 Å². The van der Waals surface area contributed by atoms with Gasteiger partial charge in [0.25, 0.3) is 0 Å². The molecule has 5 nitrogen and oxygen atoms in total. The van der Waals surface area contributed by atoms with Crippen LogP contribution in [0.2, 0.25) is 0 Å². The molecule has 1 N–H and O–H groups in total. The average Bonchev–Trinajstić information content (AvgIpc) is 2.59. The zero-order valence-corrected chi connectivity index (χ0v) is 9.56. The number of amides is 1.